The molecular weight excluding hydrogens is 304 g/mol. The molecule has 2 saturated heterocycles. The maximum Gasteiger partial charge on any atom is 0.0793 e. The van der Waals surface area contributed by atoms with Crippen molar-refractivity contribution >= 4 is 0 Å². The van der Waals surface area contributed by atoms with Crippen LogP contribution < -0.4 is 0 Å². The first-order valence-electron chi connectivity index (χ1n) is 9.28. The first-order chi connectivity index (χ1) is 11.5. The normalized spacial score (nSPS) is 30.8. The Kier molecular flexibility index (Phi) is 5.92. The molecule has 0 amide bonds. The van der Waals surface area contributed by atoms with E-state index < -0.39 is 0 Å². The Balaban J connectivity index is 1.48. The monoisotopic (exact) mass is 336 g/mol. The average Bonchev–Trinajstić information content (AvgIpc) is 3.08. The number of hydrogen-bond donors (Lipinski definition) is 1. The molecule has 3 rings (SSSR count). The zero-order valence-electron chi connectivity index (χ0n) is 15.3. The summed E-state index contributed by atoms with van der Waals surface area (Å²) in [6.07, 6.45) is 6.62. The number of morpholine rings is 1. The Labute approximate surface area is 145 Å². The van der Waals surface area contributed by atoms with Crippen molar-refractivity contribution in [3.05, 3.63) is 18.0 Å². The summed E-state index contributed by atoms with van der Waals surface area (Å²) in [5.41, 5.74) is 1.20. The highest BCUT2D eigenvalue weighted by Gasteiger charge is 2.29. The van der Waals surface area contributed by atoms with Gasteiger partial charge in [0.2, 0.25) is 0 Å². The molecule has 0 spiro atoms. The number of nitrogens with zero attached hydrogens (tertiary/aromatic N) is 4. The molecule has 2 aliphatic rings. The van der Waals surface area contributed by atoms with E-state index in [2.05, 4.69) is 41.9 Å². The molecule has 0 radical (unpaired) electrons. The lowest BCUT2D eigenvalue weighted by atomic mass is 10.2. The van der Waals surface area contributed by atoms with Crippen molar-refractivity contribution in [2.75, 3.05) is 32.7 Å². The van der Waals surface area contributed by atoms with Crippen molar-refractivity contribution < 1.29 is 9.84 Å². The van der Waals surface area contributed by atoms with Gasteiger partial charge in [0, 0.05) is 38.4 Å². The fourth-order valence-electron chi connectivity index (χ4n) is 4.18. The van der Waals surface area contributed by atoms with Crippen molar-refractivity contribution in [1.29, 1.82) is 0 Å². The molecule has 0 unspecified atom stereocenters. The maximum absolute atomic E-state index is 10.6. The van der Waals surface area contributed by atoms with Crippen LogP contribution in [0.25, 0.3) is 0 Å². The highest BCUT2D eigenvalue weighted by Crippen LogP contribution is 2.20. The van der Waals surface area contributed by atoms with E-state index in [0.717, 1.165) is 39.3 Å². The second-order valence-electron chi connectivity index (χ2n) is 7.66. The number of aromatic nitrogens is 2. The predicted molar refractivity (Wildman–Crippen MR) is 94.0 cm³/mol. The van der Waals surface area contributed by atoms with Gasteiger partial charge in [-0.05, 0) is 45.7 Å². The van der Waals surface area contributed by atoms with Crippen LogP contribution in [0, 0.1) is 6.92 Å². The number of aliphatic hydroxyl groups excluding tert-OH is 1. The fourth-order valence-corrected chi connectivity index (χ4v) is 4.18. The standard InChI is InChI=1S/C18H32N4O2/c1-14-7-19-22(8-14)11-17-5-4-6-21(17)13-18(23)12-20-9-15(2)24-16(3)10-20/h7-8,15-18,23H,4-6,9-13H2,1-3H3/t15-,16-,17+,18-/m1/s1. The van der Waals surface area contributed by atoms with Crippen LogP contribution in [-0.2, 0) is 11.3 Å². The minimum absolute atomic E-state index is 0.253. The second-order valence-corrected chi connectivity index (χ2v) is 7.66. The summed E-state index contributed by atoms with van der Waals surface area (Å²) < 4.78 is 7.81. The lowest BCUT2D eigenvalue weighted by Gasteiger charge is -2.37. The molecule has 3 heterocycles. The largest absolute Gasteiger partial charge is 0.390 e. The van der Waals surface area contributed by atoms with E-state index in [0.29, 0.717) is 6.04 Å². The van der Waals surface area contributed by atoms with Gasteiger partial charge in [0.15, 0.2) is 0 Å². The minimum Gasteiger partial charge on any atom is -0.390 e. The van der Waals surface area contributed by atoms with Gasteiger partial charge >= 0.3 is 0 Å². The molecule has 24 heavy (non-hydrogen) atoms. The van der Waals surface area contributed by atoms with E-state index in [1.807, 2.05) is 10.9 Å². The molecule has 0 aliphatic carbocycles. The van der Waals surface area contributed by atoms with E-state index >= 15 is 0 Å². The first-order valence-corrected chi connectivity index (χ1v) is 9.28. The molecule has 6 heteroatoms. The molecule has 2 fully saturated rings. The predicted octanol–water partition coefficient (Wildman–Crippen LogP) is 1.13. The van der Waals surface area contributed by atoms with Crippen molar-refractivity contribution in [3.8, 4) is 0 Å². The lowest BCUT2D eigenvalue weighted by Crippen LogP contribution is -2.50. The molecule has 136 valence electrons. The Morgan fingerprint density at radius 3 is 2.71 bits per heavy atom. The van der Waals surface area contributed by atoms with Crippen LogP contribution in [0.2, 0.25) is 0 Å². The third-order valence-corrected chi connectivity index (χ3v) is 5.07. The summed E-state index contributed by atoms with van der Waals surface area (Å²) in [4.78, 5) is 4.78. The van der Waals surface area contributed by atoms with Crippen molar-refractivity contribution in [2.24, 2.45) is 0 Å². The van der Waals surface area contributed by atoms with Gasteiger partial charge in [-0.2, -0.15) is 5.10 Å². The highest BCUT2D eigenvalue weighted by molar-refractivity contribution is 5.00. The number of likely N-dealkylation sites (tertiary alicyclic amines) is 1. The zero-order chi connectivity index (χ0) is 17.1. The van der Waals surface area contributed by atoms with E-state index in [1.54, 1.807) is 0 Å². The Morgan fingerprint density at radius 2 is 2.04 bits per heavy atom. The summed E-state index contributed by atoms with van der Waals surface area (Å²) in [5.74, 6) is 0. The number of aliphatic hydroxyl groups is 1. The van der Waals surface area contributed by atoms with Crippen LogP contribution in [0.3, 0.4) is 0 Å². The third-order valence-electron chi connectivity index (χ3n) is 5.07. The zero-order valence-corrected chi connectivity index (χ0v) is 15.3. The molecule has 1 aromatic rings. The van der Waals surface area contributed by atoms with Crippen molar-refractivity contribution in [3.63, 3.8) is 0 Å². The molecule has 4 atom stereocenters. The molecule has 0 saturated carbocycles. The molecule has 1 N–H and O–H groups in total. The van der Waals surface area contributed by atoms with Crippen LogP contribution in [0.1, 0.15) is 32.3 Å². The van der Waals surface area contributed by atoms with Gasteiger partial charge in [-0.25, -0.2) is 0 Å². The average molecular weight is 336 g/mol. The van der Waals surface area contributed by atoms with E-state index in [4.69, 9.17) is 4.74 Å². The van der Waals surface area contributed by atoms with Gasteiger partial charge in [0.25, 0.3) is 0 Å². The second kappa shape index (κ2) is 7.95. The van der Waals surface area contributed by atoms with Gasteiger partial charge < -0.3 is 9.84 Å². The smallest absolute Gasteiger partial charge is 0.0793 e. The van der Waals surface area contributed by atoms with Crippen LogP contribution in [0.15, 0.2) is 12.4 Å². The summed E-state index contributed by atoms with van der Waals surface area (Å²) in [7, 11) is 0. The van der Waals surface area contributed by atoms with E-state index in [-0.39, 0.29) is 18.3 Å². The van der Waals surface area contributed by atoms with Gasteiger partial charge in [-0.1, -0.05) is 0 Å². The van der Waals surface area contributed by atoms with E-state index in [1.165, 1.54) is 18.4 Å². The highest BCUT2D eigenvalue weighted by atomic mass is 16.5. The lowest BCUT2D eigenvalue weighted by molar-refractivity contribution is -0.0782. The summed E-state index contributed by atoms with van der Waals surface area (Å²) in [6, 6.07) is 0.487. The fraction of sp³-hybridized carbons (Fsp3) is 0.833. The molecule has 1 aromatic heterocycles. The van der Waals surface area contributed by atoms with E-state index in [9.17, 15) is 5.11 Å². The third kappa shape index (κ3) is 4.79. The molecule has 6 nitrogen and oxygen atoms in total. The van der Waals surface area contributed by atoms with Crippen molar-refractivity contribution in [1.82, 2.24) is 19.6 Å². The number of β-amino-alcohol motifs (C(OH)–C–C–N with tert-alkyl or cyclic N) is 1. The molecule has 0 aromatic carbocycles. The summed E-state index contributed by atoms with van der Waals surface area (Å²) in [6.45, 7) is 11.6. The number of hydrogen-bond acceptors (Lipinski definition) is 5. The molecule has 2 aliphatic heterocycles. The number of rotatable bonds is 6. The van der Waals surface area contributed by atoms with Gasteiger partial charge in [-0.3, -0.25) is 14.5 Å². The summed E-state index contributed by atoms with van der Waals surface area (Å²) >= 11 is 0. The Morgan fingerprint density at radius 1 is 1.29 bits per heavy atom. The molecular formula is C18H32N4O2. The van der Waals surface area contributed by atoms with Crippen LogP contribution >= 0.6 is 0 Å². The van der Waals surface area contributed by atoms with Gasteiger partial charge in [-0.15, -0.1) is 0 Å². The van der Waals surface area contributed by atoms with Crippen molar-refractivity contribution in [2.45, 2.75) is 64.5 Å². The minimum atomic E-state index is -0.303. The quantitative estimate of drug-likeness (QED) is 0.844. The van der Waals surface area contributed by atoms with Crippen LogP contribution in [0.5, 0.6) is 0 Å². The Bertz CT molecular complexity index is 511. The SMILES string of the molecule is Cc1cnn(C[C@@H]2CCCN2C[C@H](O)CN2C[C@@H](C)O[C@H](C)C2)c1. The number of aryl methyl sites for hydroxylation is 1. The topological polar surface area (TPSA) is 53.8 Å². The molecule has 0 bridgehead atoms. The summed E-state index contributed by atoms with van der Waals surface area (Å²) in [5, 5.41) is 15.0. The Hall–Kier alpha value is -0.950. The van der Waals surface area contributed by atoms with Gasteiger partial charge in [0.1, 0.15) is 0 Å². The van der Waals surface area contributed by atoms with Gasteiger partial charge in [0.05, 0.1) is 31.1 Å². The maximum atomic E-state index is 10.6. The van der Waals surface area contributed by atoms with Crippen LogP contribution in [0.4, 0.5) is 0 Å². The first kappa shape index (κ1) is 17.9. The number of ether oxygens (including phenoxy) is 1. The van der Waals surface area contributed by atoms with Crippen LogP contribution in [-0.4, -0.2) is 81.8 Å².